The minimum absolute atomic E-state index is 0.0473. The number of oxazole rings is 1. The Morgan fingerprint density at radius 2 is 1.47 bits per heavy atom. The van der Waals surface area contributed by atoms with E-state index in [1.54, 1.807) is 57.9 Å². The number of Topliss-reactive ketones (excluding diaryl/α,β-unsaturated/α-hetero) is 3. The Morgan fingerprint density at radius 3 is 2.23 bits per heavy atom. The van der Waals surface area contributed by atoms with Gasteiger partial charge in [-0.2, -0.15) is 10.1 Å². The van der Waals surface area contributed by atoms with Crippen molar-refractivity contribution in [3.63, 3.8) is 0 Å². The Bertz CT molecular complexity index is 5170. The smallest absolute Gasteiger partial charge is 0.329 e. The number of anilines is 4. The predicted molar refractivity (Wildman–Crippen MR) is 483 cm³/mol. The molecule has 0 spiro atoms. The number of piperidine rings is 1. The molecule has 127 heavy (non-hydrogen) atoms. The molecule has 2 bridgehead atoms. The third-order valence-corrected chi connectivity index (χ3v) is 26.5. The van der Waals surface area contributed by atoms with E-state index in [9.17, 15) is 38.7 Å². The molecule has 1 saturated carbocycles. The zero-order chi connectivity index (χ0) is 89.4. The van der Waals surface area contributed by atoms with Gasteiger partial charge >= 0.3 is 5.97 Å². The molecular formula is C94H122N18O14S. The van der Waals surface area contributed by atoms with Gasteiger partial charge in [0.25, 0.3) is 23.0 Å². The van der Waals surface area contributed by atoms with Gasteiger partial charge in [0.05, 0.1) is 55.4 Å². The van der Waals surface area contributed by atoms with E-state index >= 15 is 0 Å². The van der Waals surface area contributed by atoms with Crippen LogP contribution < -0.4 is 26.6 Å². The number of amides is 3. The van der Waals surface area contributed by atoms with Crippen molar-refractivity contribution in [3.05, 3.63) is 143 Å². The molecule has 5 fully saturated rings. The fourth-order valence-electron chi connectivity index (χ4n) is 18.4. The monoisotopic (exact) mass is 1760 g/mol. The fraction of sp³-hybridized carbons (Fsp3) is 0.553. The zero-order valence-corrected chi connectivity index (χ0v) is 74.9. The van der Waals surface area contributed by atoms with Crippen LogP contribution >= 0.6 is 12.2 Å². The summed E-state index contributed by atoms with van der Waals surface area (Å²) in [5, 5.41) is 20.4. The maximum Gasteiger partial charge on any atom is 0.329 e. The Labute approximate surface area is 747 Å². The lowest BCUT2D eigenvalue weighted by Gasteiger charge is -2.38. The number of cyclic esters (lactones) is 1. The van der Waals surface area contributed by atoms with E-state index in [1.807, 2.05) is 77.8 Å². The van der Waals surface area contributed by atoms with Gasteiger partial charge in [0.2, 0.25) is 23.6 Å². The highest BCUT2D eigenvalue weighted by molar-refractivity contribution is 7.80. The molecule has 0 radical (unpaired) electrons. The molecule has 678 valence electrons. The van der Waals surface area contributed by atoms with E-state index in [0.29, 0.717) is 193 Å². The molecule has 2 unspecified atom stereocenters. The number of carbonyl (C=O) groups is 7. The van der Waals surface area contributed by atoms with Crippen molar-refractivity contribution in [1.29, 1.82) is 0 Å². The number of nitrogens with zero attached hydrogens (tertiary/aromatic N) is 15. The lowest BCUT2D eigenvalue weighted by molar-refractivity contribution is -0.169. The molecule has 3 amide bonds. The summed E-state index contributed by atoms with van der Waals surface area (Å²) in [5.41, 5.74) is 21.4. The maximum atomic E-state index is 14.6. The highest BCUT2D eigenvalue weighted by Crippen LogP contribution is 2.37. The quantitative estimate of drug-likeness (QED) is 0.0192. The zero-order valence-electron chi connectivity index (χ0n) is 74.1. The molecule has 11 heterocycles. The summed E-state index contributed by atoms with van der Waals surface area (Å²) in [4.78, 5) is 142. The molecule has 5 aromatic heterocycles. The van der Waals surface area contributed by atoms with E-state index in [1.165, 1.54) is 16.8 Å². The van der Waals surface area contributed by atoms with Crippen molar-refractivity contribution in [3.8, 4) is 11.3 Å². The van der Waals surface area contributed by atoms with Gasteiger partial charge in [-0.15, -0.1) is 0 Å². The number of ketones is 3. The molecule has 6 N–H and O–H groups in total. The Hall–Kier alpha value is -10.8. The number of nitrogen functional groups attached to an aromatic ring is 2. The van der Waals surface area contributed by atoms with Crippen LogP contribution in [0.15, 0.2) is 120 Å². The second-order valence-electron chi connectivity index (χ2n) is 35.5. The maximum absolute atomic E-state index is 14.6. The van der Waals surface area contributed by atoms with Gasteiger partial charge in [0.1, 0.15) is 59.3 Å². The number of thiocarbonyl (C=S) groups is 1. The summed E-state index contributed by atoms with van der Waals surface area (Å²) >= 11 is 5.69. The van der Waals surface area contributed by atoms with Crippen LogP contribution in [0, 0.1) is 29.6 Å². The number of fused-ring (bicyclic) bond motifs is 6. The number of aliphatic hydroxyl groups is 1. The van der Waals surface area contributed by atoms with Gasteiger partial charge in [-0.3, -0.25) is 33.7 Å². The SMILES string of the molecule is CO[C@H]1CC2CC[C@@H](C)C(O2)C(=O)C(=O)N2CCCC[C@H]2C(=O)O[C@H](CC[C@H]2CC[C@H](OC(=S)NCc3cnc(N4CCN(C(=O)CCOCCN5CCN(c6ncc(C(=O)N7CCc8cc(Cn9nc(-c%10ccc%11oc(N)nc%11c%10)c%10c(N)ncnc%109)ccc8C7)cn6)CC5)CC4)nc3)CC2)CC(=O)[C@H](C)/C=C(\C)[C@@H](O)CC(=O)[C@H](C)C[C@H](C)/C=C/C=C/C=C/1C. The summed E-state index contributed by atoms with van der Waals surface area (Å²) in [7, 11) is 1.64. The first-order chi connectivity index (χ1) is 61.3. The molecule has 4 saturated heterocycles. The number of aromatic nitrogens is 9. The summed E-state index contributed by atoms with van der Waals surface area (Å²) < 4.78 is 38.3. The first-order valence-electron chi connectivity index (χ1n) is 45.2. The topological polar surface area (TPSA) is 391 Å². The number of ether oxygens (including phenoxy) is 5. The number of benzene rings is 2. The van der Waals surface area contributed by atoms with Crippen molar-refractivity contribution >= 4 is 104 Å². The van der Waals surface area contributed by atoms with Crippen molar-refractivity contribution < 1.29 is 66.8 Å². The molecule has 33 heteroatoms. The number of piperazine rings is 2. The predicted octanol–water partition coefficient (Wildman–Crippen LogP) is 10.3. The van der Waals surface area contributed by atoms with Gasteiger partial charge in [-0.05, 0) is 173 Å². The van der Waals surface area contributed by atoms with Gasteiger partial charge in [-0.25, -0.2) is 39.4 Å². The number of esters is 1. The summed E-state index contributed by atoms with van der Waals surface area (Å²) in [6, 6.07) is 10.9. The summed E-state index contributed by atoms with van der Waals surface area (Å²) in [6.45, 7) is 20.2. The van der Waals surface area contributed by atoms with Gasteiger partial charge in [0, 0.05) is 159 Å². The van der Waals surface area contributed by atoms with E-state index in [4.69, 9.17) is 56.9 Å². The van der Waals surface area contributed by atoms with Crippen LogP contribution in [0.1, 0.15) is 177 Å². The number of hydrogen-bond donors (Lipinski definition) is 4. The van der Waals surface area contributed by atoms with Gasteiger partial charge < -0.3 is 74.5 Å². The van der Waals surface area contributed by atoms with E-state index in [2.05, 4.69) is 80.0 Å². The first kappa shape index (κ1) is 92.3. The summed E-state index contributed by atoms with van der Waals surface area (Å²) in [5.74, 6) is -1.84. The van der Waals surface area contributed by atoms with Crippen LogP contribution in [0.3, 0.4) is 0 Å². The average Bonchev–Trinajstić information content (AvgIpc) is 1.62. The molecule has 10 atom stereocenters. The highest BCUT2D eigenvalue weighted by Gasteiger charge is 2.44. The molecule has 32 nitrogen and oxygen atoms in total. The number of nitrogens with one attached hydrogen (secondary N) is 1. The van der Waals surface area contributed by atoms with Crippen LogP contribution in [-0.2, 0) is 78.5 Å². The second kappa shape index (κ2) is 43.3. The standard InChI is InChI=1S/C94H122N18O14S/c1-58-13-9-8-10-14-59(2)80(121-7)48-73-23-16-60(3)85(123-73)84(117)89(119)111-30-12-11-15-75(111)90(120)124-72(47-76(113)62(5)44-63(6)78(115)49-77(114)61(4)43-58)26-20-64-18-24-71(25-19-64)125-94(127)101-52-66-50-97-92(98-51-66)109-38-36-107(37-39-109)81(116)29-41-122-42-40-106-32-34-108(35-33-106)93-99-53-70(54-100-93)88(118)110-31-28-67-45-65(17-21-69(67)56-110)55-112-87-82(86(95)102-57-103-87)83(105-112)68-22-27-79-74(46-68)104-91(96)126-79/h8-10,13-14,17,21-22,27,44-46,50-51,53-54,57-58,60-62,64,71-73,75,78,80,85,115H,11-12,15-16,18-20,23-26,28-43,47-49,52,55-56H2,1-7H3,(H2,96,104)(H,101,127)(H2,95,102,103)/b10-8+,13-9+,59-14+,63-44+/t58-,60-,61-,62-,64-,71-,72-,73?,75+,78+,80+,85?/m1/s1. The number of hydrogen-bond acceptors (Lipinski definition) is 28. The number of methoxy groups -OCH3 is 1. The molecule has 1 aliphatic carbocycles. The minimum Gasteiger partial charge on any atom is -0.468 e. The number of nitrogens with two attached hydrogens (primary N) is 2. The van der Waals surface area contributed by atoms with Crippen molar-refractivity contribution in [2.45, 2.75) is 213 Å². The third-order valence-electron chi connectivity index (χ3n) is 26.2. The average molecular weight is 1760 g/mol. The van der Waals surface area contributed by atoms with Crippen LogP contribution in [0.2, 0.25) is 0 Å². The van der Waals surface area contributed by atoms with Gasteiger partial charge in [-0.1, -0.05) is 82.4 Å². The van der Waals surface area contributed by atoms with E-state index in [-0.39, 0.29) is 95.9 Å². The van der Waals surface area contributed by atoms with Crippen LogP contribution in [0.5, 0.6) is 0 Å². The molecule has 2 aromatic carbocycles. The Morgan fingerprint density at radius 1 is 0.724 bits per heavy atom. The first-order valence-corrected chi connectivity index (χ1v) is 45.6. The number of allylic oxidation sites excluding steroid dienone is 6. The van der Waals surface area contributed by atoms with Crippen molar-refractivity contribution in [2.75, 3.05) is 114 Å². The largest absolute Gasteiger partial charge is 0.468 e. The highest BCUT2D eigenvalue weighted by atomic mass is 32.1. The van der Waals surface area contributed by atoms with E-state index in [0.717, 1.165) is 86.2 Å². The third kappa shape index (κ3) is 23.9. The lowest BCUT2D eigenvalue weighted by atomic mass is 9.83. The Balaban J connectivity index is 0.477. The normalized spacial score (nSPS) is 26.5. The minimum atomic E-state index is -1.08. The molecular weight excluding hydrogens is 1640 g/mol. The Kier molecular flexibility index (Phi) is 31.5. The molecule has 7 aliphatic rings. The van der Waals surface area contributed by atoms with Crippen molar-refractivity contribution in [1.82, 2.24) is 69.6 Å². The lowest BCUT2D eigenvalue weighted by Crippen LogP contribution is -2.55. The van der Waals surface area contributed by atoms with E-state index < -0.39 is 47.9 Å². The van der Waals surface area contributed by atoms with Gasteiger partial charge in [0.15, 0.2) is 11.2 Å². The molecule has 6 aliphatic heterocycles. The number of carbonyl (C=O) groups excluding carboxylic acids is 7. The number of aliphatic hydroxyl groups excluding tert-OH is 1. The fourth-order valence-corrected chi connectivity index (χ4v) is 18.6. The van der Waals surface area contributed by atoms with Crippen molar-refractivity contribution in [2.24, 2.45) is 29.6 Å². The molecule has 7 aromatic rings. The second-order valence-corrected chi connectivity index (χ2v) is 35.8. The molecule has 14 rings (SSSR count). The van der Waals surface area contributed by atoms with Crippen LogP contribution in [0.25, 0.3) is 33.4 Å². The van der Waals surface area contributed by atoms with Crippen LogP contribution in [-0.4, -0.2) is 251 Å². The summed E-state index contributed by atoms with van der Waals surface area (Å²) in [6.07, 6.45) is 25.0. The van der Waals surface area contributed by atoms with Crippen LogP contribution in [0.4, 0.5) is 23.7 Å². The number of rotatable bonds is 19.